The zero-order valence-corrected chi connectivity index (χ0v) is 11.0. The van der Waals surface area contributed by atoms with E-state index in [1.165, 1.54) is 25.7 Å². The first kappa shape index (κ1) is 14.5. The maximum atomic E-state index is 11.6. The molecule has 2 N–H and O–H groups in total. The Hall–Kier alpha value is -1.58. The van der Waals surface area contributed by atoms with Gasteiger partial charge in [0.1, 0.15) is 5.82 Å². The maximum absolute atomic E-state index is 11.6. The van der Waals surface area contributed by atoms with Crippen LogP contribution in [0, 0.1) is 0 Å². The van der Waals surface area contributed by atoms with Crippen LogP contribution in [0.25, 0.3) is 0 Å². The molecule has 0 unspecified atom stereocenters. The number of hydrogen-bond acceptors (Lipinski definition) is 4. The fraction of sp³-hybridized carbons (Fsp3) is 0.571. The second-order valence-electron chi connectivity index (χ2n) is 4.35. The molecule has 0 amide bonds. The summed E-state index contributed by atoms with van der Waals surface area (Å²) in [4.78, 5) is 15.5. The van der Waals surface area contributed by atoms with Crippen molar-refractivity contribution in [2.24, 2.45) is 0 Å². The van der Waals surface area contributed by atoms with Gasteiger partial charge >= 0.3 is 5.97 Å². The molecule has 0 aliphatic heterocycles. The summed E-state index contributed by atoms with van der Waals surface area (Å²) in [5, 5.41) is 0. The quantitative estimate of drug-likeness (QED) is 0.568. The van der Waals surface area contributed by atoms with Crippen molar-refractivity contribution in [3.8, 4) is 0 Å². The Morgan fingerprint density at radius 2 is 1.94 bits per heavy atom. The van der Waals surface area contributed by atoms with Gasteiger partial charge in [-0.05, 0) is 18.6 Å². The predicted molar refractivity (Wildman–Crippen MR) is 72.3 cm³/mol. The number of unbranched alkanes of at least 4 members (excludes halogenated alkanes) is 5. The highest BCUT2D eigenvalue weighted by Gasteiger charge is 2.08. The number of anilines is 1. The van der Waals surface area contributed by atoms with Gasteiger partial charge in [-0.1, -0.05) is 45.1 Å². The van der Waals surface area contributed by atoms with E-state index in [9.17, 15) is 4.79 Å². The third kappa shape index (κ3) is 5.66. The van der Waals surface area contributed by atoms with E-state index in [4.69, 9.17) is 10.5 Å². The molecule has 4 nitrogen and oxygen atoms in total. The standard InChI is InChI=1S/C14H22N2O2/c1-2-3-4-5-6-7-11-18-14(17)12-9-8-10-13(15)16-12/h8-10H,2-7,11H2,1H3,(H2,15,16). The van der Waals surface area contributed by atoms with Crippen LogP contribution in [-0.4, -0.2) is 17.6 Å². The number of carbonyl (C=O) groups is 1. The molecule has 0 bridgehead atoms. The van der Waals surface area contributed by atoms with Gasteiger partial charge in [-0.2, -0.15) is 0 Å². The molecule has 1 rings (SSSR count). The number of hydrogen-bond donors (Lipinski definition) is 1. The molecule has 0 aliphatic carbocycles. The van der Waals surface area contributed by atoms with Crippen LogP contribution in [0.3, 0.4) is 0 Å². The van der Waals surface area contributed by atoms with Gasteiger partial charge in [0.15, 0.2) is 5.69 Å². The number of aromatic nitrogens is 1. The van der Waals surface area contributed by atoms with Crippen LogP contribution < -0.4 is 5.73 Å². The van der Waals surface area contributed by atoms with E-state index < -0.39 is 5.97 Å². The average molecular weight is 250 g/mol. The lowest BCUT2D eigenvalue weighted by Gasteiger charge is -2.04. The third-order valence-electron chi connectivity index (χ3n) is 2.71. The Labute approximate surface area is 109 Å². The molecular weight excluding hydrogens is 228 g/mol. The SMILES string of the molecule is CCCCCCCCOC(=O)c1cccc(N)n1. The minimum atomic E-state index is -0.393. The number of rotatable bonds is 8. The van der Waals surface area contributed by atoms with Crippen LogP contribution in [0.4, 0.5) is 5.82 Å². The molecule has 0 aliphatic rings. The molecule has 0 saturated heterocycles. The molecule has 1 aromatic heterocycles. The number of esters is 1. The highest BCUT2D eigenvalue weighted by Crippen LogP contribution is 2.06. The van der Waals surface area contributed by atoms with E-state index in [-0.39, 0.29) is 5.69 Å². The topological polar surface area (TPSA) is 65.2 Å². The van der Waals surface area contributed by atoms with Gasteiger partial charge in [-0.3, -0.25) is 0 Å². The zero-order valence-electron chi connectivity index (χ0n) is 11.0. The van der Waals surface area contributed by atoms with E-state index in [1.807, 2.05) is 0 Å². The molecule has 100 valence electrons. The first-order valence-corrected chi connectivity index (χ1v) is 6.63. The van der Waals surface area contributed by atoms with E-state index >= 15 is 0 Å². The number of ether oxygens (including phenoxy) is 1. The third-order valence-corrected chi connectivity index (χ3v) is 2.71. The normalized spacial score (nSPS) is 10.3. The number of nitrogen functional groups attached to an aromatic ring is 1. The first-order chi connectivity index (χ1) is 8.74. The number of nitrogens with two attached hydrogens (primary N) is 1. The molecule has 0 fully saturated rings. The summed E-state index contributed by atoms with van der Waals surface area (Å²) >= 11 is 0. The van der Waals surface area contributed by atoms with Crippen molar-refractivity contribution in [2.45, 2.75) is 45.4 Å². The van der Waals surface area contributed by atoms with Crippen LogP contribution in [0.15, 0.2) is 18.2 Å². The molecule has 0 spiro atoms. The number of nitrogens with zero attached hydrogens (tertiary/aromatic N) is 1. The fourth-order valence-corrected chi connectivity index (χ4v) is 1.69. The second kappa shape index (κ2) is 8.50. The number of carbonyl (C=O) groups excluding carboxylic acids is 1. The van der Waals surface area contributed by atoms with Crippen molar-refractivity contribution in [2.75, 3.05) is 12.3 Å². The molecule has 4 heteroatoms. The highest BCUT2D eigenvalue weighted by atomic mass is 16.5. The van der Waals surface area contributed by atoms with Gasteiger partial charge in [0, 0.05) is 0 Å². The molecule has 0 radical (unpaired) electrons. The molecule has 0 saturated carbocycles. The summed E-state index contributed by atoms with van der Waals surface area (Å²) in [5.41, 5.74) is 5.78. The van der Waals surface area contributed by atoms with Crippen molar-refractivity contribution in [3.63, 3.8) is 0 Å². The molecule has 0 atom stereocenters. The largest absolute Gasteiger partial charge is 0.461 e. The zero-order chi connectivity index (χ0) is 13.2. The minimum absolute atomic E-state index is 0.279. The highest BCUT2D eigenvalue weighted by molar-refractivity contribution is 5.87. The molecule has 1 heterocycles. The van der Waals surface area contributed by atoms with Crippen LogP contribution in [0.5, 0.6) is 0 Å². The Kier molecular flexibility index (Phi) is 6.84. The van der Waals surface area contributed by atoms with Crippen molar-refractivity contribution in [1.82, 2.24) is 4.98 Å². The maximum Gasteiger partial charge on any atom is 0.357 e. The second-order valence-corrected chi connectivity index (χ2v) is 4.35. The first-order valence-electron chi connectivity index (χ1n) is 6.63. The van der Waals surface area contributed by atoms with Gasteiger partial charge in [0.2, 0.25) is 0 Å². The van der Waals surface area contributed by atoms with E-state index in [1.54, 1.807) is 18.2 Å². The summed E-state index contributed by atoms with van der Waals surface area (Å²) < 4.78 is 5.13. The summed E-state index contributed by atoms with van der Waals surface area (Å²) in [5.74, 6) is -0.0557. The number of pyridine rings is 1. The molecular formula is C14H22N2O2. The Bertz CT molecular complexity index is 367. The Balaban J connectivity index is 2.14. The van der Waals surface area contributed by atoms with Crippen molar-refractivity contribution in [3.05, 3.63) is 23.9 Å². The van der Waals surface area contributed by atoms with Crippen molar-refractivity contribution < 1.29 is 9.53 Å². The van der Waals surface area contributed by atoms with Crippen molar-refractivity contribution >= 4 is 11.8 Å². The lowest BCUT2D eigenvalue weighted by molar-refractivity contribution is 0.0491. The van der Waals surface area contributed by atoms with E-state index in [0.29, 0.717) is 12.4 Å². The minimum Gasteiger partial charge on any atom is -0.461 e. The fourth-order valence-electron chi connectivity index (χ4n) is 1.69. The van der Waals surface area contributed by atoms with E-state index in [0.717, 1.165) is 12.8 Å². The van der Waals surface area contributed by atoms with Crippen LogP contribution in [0.2, 0.25) is 0 Å². The Morgan fingerprint density at radius 1 is 1.22 bits per heavy atom. The summed E-state index contributed by atoms with van der Waals surface area (Å²) in [6.45, 7) is 2.65. The summed E-state index contributed by atoms with van der Waals surface area (Å²) in [6, 6.07) is 4.95. The van der Waals surface area contributed by atoms with Gasteiger partial charge < -0.3 is 10.5 Å². The lowest BCUT2D eigenvalue weighted by Crippen LogP contribution is -2.09. The monoisotopic (exact) mass is 250 g/mol. The molecule has 18 heavy (non-hydrogen) atoms. The van der Waals surface area contributed by atoms with Crippen molar-refractivity contribution in [1.29, 1.82) is 0 Å². The Morgan fingerprint density at radius 3 is 2.67 bits per heavy atom. The summed E-state index contributed by atoms with van der Waals surface area (Å²) in [6.07, 6.45) is 7.03. The molecule has 0 aromatic carbocycles. The van der Waals surface area contributed by atoms with Crippen LogP contribution in [-0.2, 0) is 4.74 Å². The summed E-state index contributed by atoms with van der Waals surface area (Å²) in [7, 11) is 0. The predicted octanol–water partition coefficient (Wildman–Crippen LogP) is 3.18. The average Bonchev–Trinajstić information content (AvgIpc) is 2.37. The van der Waals surface area contributed by atoms with Gasteiger partial charge in [-0.15, -0.1) is 0 Å². The lowest BCUT2D eigenvalue weighted by atomic mass is 10.1. The van der Waals surface area contributed by atoms with Gasteiger partial charge in [-0.25, -0.2) is 9.78 Å². The van der Waals surface area contributed by atoms with Crippen LogP contribution in [0.1, 0.15) is 55.9 Å². The van der Waals surface area contributed by atoms with Crippen LogP contribution >= 0.6 is 0 Å². The van der Waals surface area contributed by atoms with Gasteiger partial charge in [0.05, 0.1) is 6.61 Å². The van der Waals surface area contributed by atoms with E-state index in [2.05, 4.69) is 11.9 Å². The van der Waals surface area contributed by atoms with Gasteiger partial charge in [0.25, 0.3) is 0 Å². The molecule has 1 aromatic rings. The smallest absolute Gasteiger partial charge is 0.357 e.